The highest BCUT2D eigenvalue weighted by molar-refractivity contribution is 9.10. The molecule has 1 N–H and O–H groups in total. The second-order valence-corrected chi connectivity index (χ2v) is 10.1. The number of carbonyl (C=O) groups is 1. The van der Waals surface area contributed by atoms with Crippen molar-refractivity contribution < 1.29 is 13.2 Å². The highest BCUT2D eigenvalue weighted by atomic mass is 79.9. The molecule has 30 heavy (non-hydrogen) atoms. The molecule has 0 aliphatic heterocycles. The van der Waals surface area contributed by atoms with Gasteiger partial charge < -0.3 is 5.32 Å². The minimum atomic E-state index is -3.93. The van der Waals surface area contributed by atoms with Crippen molar-refractivity contribution in [3.63, 3.8) is 0 Å². The van der Waals surface area contributed by atoms with Crippen LogP contribution in [0, 0.1) is 0 Å². The lowest BCUT2D eigenvalue weighted by molar-refractivity contribution is -0.116. The average molecular weight is 528 g/mol. The fraction of sp³-hybridized carbons (Fsp3) is 0.0952. The van der Waals surface area contributed by atoms with Gasteiger partial charge in [0.05, 0.1) is 22.2 Å². The molecule has 3 rings (SSSR count). The van der Waals surface area contributed by atoms with Gasteiger partial charge in [-0.3, -0.25) is 4.79 Å². The predicted molar refractivity (Wildman–Crippen MR) is 123 cm³/mol. The normalized spacial score (nSPS) is 11.5. The van der Waals surface area contributed by atoms with Gasteiger partial charge in [-0.05, 0) is 48.0 Å². The fourth-order valence-corrected chi connectivity index (χ4v) is 4.70. The molecule has 5 nitrogen and oxygen atoms in total. The maximum atomic E-state index is 13.2. The van der Waals surface area contributed by atoms with Gasteiger partial charge in [-0.1, -0.05) is 69.5 Å². The number of nitrogens with one attached hydrogen (secondary N) is 1. The molecule has 0 atom stereocenters. The van der Waals surface area contributed by atoms with Crippen LogP contribution in [0.5, 0.6) is 0 Å². The topological polar surface area (TPSA) is 66.5 Å². The number of anilines is 1. The van der Waals surface area contributed by atoms with Crippen LogP contribution in [0.25, 0.3) is 0 Å². The van der Waals surface area contributed by atoms with Crippen molar-refractivity contribution >= 4 is 60.7 Å². The zero-order valence-corrected chi connectivity index (χ0v) is 19.5. The molecule has 0 saturated carbocycles. The van der Waals surface area contributed by atoms with Crippen LogP contribution in [0.4, 0.5) is 5.69 Å². The van der Waals surface area contributed by atoms with Gasteiger partial charge in [0, 0.05) is 16.0 Å². The lowest BCUT2D eigenvalue weighted by Gasteiger charge is -2.22. The summed E-state index contributed by atoms with van der Waals surface area (Å²) in [6.07, 6.45) is 0. The fourth-order valence-electron chi connectivity index (χ4n) is 2.71. The standard InChI is InChI=1S/C21H17BrCl2N2O3S/c22-16-6-9-18(10-7-16)30(28,29)26(13-15-4-2-1-3-5-15)14-21(27)25-20-12-17(23)8-11-19(20)24/h1-12H,13-14H2,(H,25,27). The molecule has 0 aliphatic carbocycles. The summed E-state index contributed by atoms with van der Waals surface area (Å²) in [6.45, 7) is -0.355. The average Bonchev–Trinajstić information content (AvgIpc) is 2.71. The third kappa shape index (κ3) is 5.83. The summed E-state index contributed by atoms with van der Waals surface area (Å²) in [4.78, 5) is 12.8. The van der Waals surface area contributed by atoms with Gasteiger partial charge in [0.25, 0.3) is 0 Å². The van der Waals surface area contributed by atoms with Crippen LogP contribution in [0.1, 0.15) is 5.56 Å². The summed E-state index contributed by atoms with van der Waals surface area (Å²) in [5.41, 5.74) is 1.07. The Kier molecular flexibility index (Phi) is 7.55. The van der Waals surface area contributed by atoms with E-state index in [0.29, 0.717) is 15.7 Å². The Labute approximate surface area is 193 Å². The number of hydrogen-bond donors (Lipinski definition) is 1. The van der Waals surface area contributed by atoms with E-state index in [1.54, 1.807) is 36.4 Å². The molecule has 3 aromatic carbocycles. The lowest BCUT2D eigenvalue weighted by Crippen LogP contribution is -2.37. The van der Waals surface area contributed by atoms with Crippen LogP contribution in [0.2, 0.25) is 10.0 Å². The molecule has 0 radical (unpaired) electrons. The molecule has 0 aliphatic rings. The molecule has 0 fully saturated rings. The molecule has 1 amide bonds. The first kappa shape index (κ1) is 22.8. The Morgan fingerprint density at radius 3 is 2.30 bits per heavy atom. The van der Waals surface area contributed by atoms with E-state index in [0.717, 1.165) is 14.3 Å². The molecule has 0 spiro atoms. The van der Waals surface area contributed by atoms with Crippen molar-refractivity contribution in [3.8, 4) is 0 Å². The first-order valence-corrected chi connectivity index (χ1v) is 11.8. The Morgan fingerprint density at radius 2 is 1.63 bits per heavy atom. The summed E-state index contributed by atoms with van der Waals surface area (Å²) < 4.78 is 28.4. The van der Waals surface area contributed by atoms with Gasteiger partial charge in [-0.25, -0.2) is 8.42 Å². The van der Waals surface area contributed by atoms with Gasteiger partial charge >= 0.3 is 0 Å². The molecular weight excluding hydrogens is 511 g/mol. The van der Waals surface area contributed by atoms with Crippen molar-refractivity contribution in [2.75, 3.05) is 11.9 Å². The highest BCUT2D eigenvalue weighted by Crippen LogP contribution is 2.26. The number of sulfonamides is 1. The second-order valence-electron chi connectivity index (χ2n) is 6.38. The minimum absolute atomic E-state index is 0.0376. The summed E-state index contributed by atoms with van der Waals surface area (Å²) in [5, 5.41) is 3.34. The van der Waals surface area contributed by atoms with E-state index in [1.165, 1.54) is 18.2 Å². The van der Waals surface area contributed by atoms with Crippen LogP contribution in [-0.2, 0) is 21.4 Å². The zero-order chi connectivity index (χ0) is 21.7. The van der Waals surface area contributed by atoms with Gasteiger partial charge in [-0.2, -0.15) is 4.31 Å². The third-order valence-electron chi connectivity index (χ3n) is 4.18. The molecule has 0 aromatic heterocycles. The van der Waals surface area contributed by atoms with E-state index in [4.69, 9.17) is 23.2 Å². The van der Waals surface area contributed by atoms with Crippen molar-refractivity contribution in [2.45, 2.75) is 11.4 Å². The van der Waals surface area contributed by atoms with Crippen molar-refractivity contribution in [1.29, 1.82) is 0 Å². The number of nitrogens with zero attached hydrogens (tertiary/aromatic N) is 1. The lowest BCUT2D eigenvalue weighted by atomic mass is 10.2. The van der Waals surface area contributed by atoms with Crippen LogP contribution in [0.15, 0.2) is 82.2 Å². The minimum Gasteiger partial charge on any atom is -0.324 e. The van der Waals surface area contributed by atoms with Gasteiger partial charge in [0.15, 0.2) is 0 Å². The van der Waals surface area contributed by atoms with Crippen molar-refractivity contribution in [2.24, 2.45) is 0 Å². The number of benzene rings is 3. The summed E-state index contributed by atoms with van der Waals surface area (Å²) in [6, 6.07) is 20.0. The summed E-state index contributed by atoms with van der Waals surface area (Å²) >= 11 is 15.4. The highest BCUT2D eigenvalue weighted by Gasteiger charge is 2.27. The van der Waals surface area contributed by atoms with E-state index in [1.807, 2.05) is 18.2 Å². The van der Waals surface area contributed by atoms with Gasteiger partial charge in [0.2, 0.25) is 15.9 Å². The smallest absolute Gasteiger partial charge is 0.243 e. The second kappa shape index (κ2) is 9.94. The number of halogens is 3. The van der Waals surface area contributed by atoms with E-state index in [-0.39, 0.29) is 11.4 Å². The van der Waals surface area contributed by atoms with Crippen LogP contribution in [-0.4, -0.2) is 25.2 Å². The van der Waals surface area contributed by atoms with Crippen LogP contribution >= 0.6 is 39.1 Å². The molecule has 0 heterocycles. The predicted octanol–water partition coefficient (Wildman–Crippen LogP) is 5.59. The third-order valence-corrected chi connectivity index (χ3v) is 7.07. The van der Waals surface area contributed by atoms with E-state index < -0.39 is 22.5 Å². The van der Waals surface area contributed by atoms with Crippen LogP contribution in [0.3, 0.4) is 0 Å². The molecule has 0 unspecified atom stereocenters. The largest absolute Gasteiger partial charge is 0.324 e. The number of rotatable bonds is 7. The van der Waals surface area contributed by atoms with Crippen LogP contribution < -0.4 is 5.32 Å². The SMILES string of the molecule is O=C(CN(Cc1ccccc1)S(=O)(=O)c1ccc(Br)cc1)Nc1cc(Cl)ccc1Cl. The van der Waals surface area contributed by atoms with Gasteiger partial charge in [0.1, 0.15) is 0 Å². The Hall–Kier alpha value is -1.90. The quantitative estimate of drug-likeness (QED) is 0.435. The van der Waals surface area contributed by atoms with Crippen molar-refractivity contribution in [1.82, 2.24) is 4.31 Å². The van der Waals surface area contributed by atoms with Gasteiger partial charge in [-0.15, -0.1) is 0 Å². The molecule has 9 heteroatoms. The summed E-state index contributed by atoms with van der Waals surface area (Å²) in [7, 11) is -3.93. The maximum Gasteiger partial charge on any atom is 0.243 e. The number of carbonyl (C=O) groups excluding carboxylic acids is 1. The monoisotopic (exact) mass is 526 g/mol. The van der Waals surface area contributed by atoms with Crippen molar-refractivity contribution in [3.05, 3.63) is 92.9 Å². The molecule has 3 aromatic rings. The Bertz CT molecular complexity index is 1140. The Morgan fingerprint density at radius 1 is 0.967 bits per heavy atom. The molecule has 0 bridgehead atoms. The molecule has 156 valence electrons. The molecular formula is C21H17BrCl2N2O3S. The van der Waals surface area contributed by atoms with E-state index in [2.05, 4.69) is 21.2 Å². The van der Waals surface area contributed by atoms with E-state index >= 15 is 0 Å². The number of amides is 1. The zero-order valence-electron chi connectivity index (χ0n) is 15.6. The summed E-state index contributed by atoms with van der Waals surface area (Å²) in [5.74, 6) is -0.532. The van der Waals surface area contributed by atoms with E-state index in [9.17, 15) is 13.2 Å². The first-order chi connectivity index (χ1) is 14.3. The molecule has 0 saturated heterocycles. The Balaban J connectivity index is 1.88. The maximum absolute atomic E-state index is 13.2. The number of hydrogen-bond acceptors (Lipinski definition) is 3. The first-order valence-electron chi connectivity index (χ1n) is 8.80.